The molecule has 0 aliphatic carbocycles. The zero-order chi connectivity index (χ0) is 9.56. The van der Waals surface area contributed by atoms with Crippen molar-refractivity contribution in [2.75, 3.05) is 6.54 Å². The average molecular weight is 175 g/mol. The molecule has 0 aromatic rings. The molecule has 12 heavy (non-hydrogen) atoms. The van der Waals surface area contributed by atoms with E-state index in [0.29, 0.717) is 12.8 Å². The number of nitrogens with two attached hydrogens (primary N) is 1. The fourth-order valence-electron chi connectivity index (χ4n) is 0.741. The maximum atomic E-state index is 12.5. The summed E-state index contributed by atoms with van der Waals surface area (Å²) in [5.41, 5.74) is 4.85. The lowest BCUT2D eigenvalue weighted by Crippen LogP contribution is -2.30. The second-order valence-corrected chi connectivity index (χ2v) is 2.73. The van der Waals surface area contributed by atoms with Crippen molar-refractivity contribution in [3.8, 4) is 0 Å². The molecule has 0 radical (unpaired) electrons. The van der Waals surface area contributed by atoms with Crippen LogP contribution in [0.1, 0.15) is 19.8 Å². The molecule has 0 fully saturated rings. The monoisotopic (exact) mass is 175 g/mol. The molecule has 0 aromatic carbocycles. The van der Waals surface area contributed by atoms with Crippen molar-refractivity contribution in [3.05, 3.63) is 0 Å². The van der Waals surface area contributed by atoms with Gasteiger partial charge in [-0.25, -0.2) is 0 Å². The summed E-state index contributed by atoms with van der Waals surface area (Å²) in [6.07, 6.45) is 1.98. The lowest BCUT2D eigenvalue weighted by molar-refractivity contribution is -0.110. The van der Waals surface area contributed by atoms with Crippen LogP contribution < -0.4 is 5.73 Å². The Morgan fingerprint density at radius 1 is 1.83 bits per heavy atom. The maximum Gasteiger partial charge on any atom is 0.217 e. The van der Waals surface area contributed by atoms with E-state index in [2.05, 4.69) is 0 Å². The molecule has 0 saturated heterocycles. The zero-order valence-electron chi connectivity index (χ0n) is 7.09. The maximum absolute atomic E-state index is 12.5. The van der Waals surface area contributed by atoms with Crippen molar-refractivity contribution in [2.24, 2.45) is 11.7 Å². The lowest BCUT2D eigenvalue weighted by atomic mass is 10.1. The summed E-state index contributed by atoms with van der Waals surface area (Å²) in [4.78, 5) is 10.1. The smallest absolute Gasteiger partial charge is 0.217 e. The number of hydrogen-bond donors (Lipinski definition) is 2. The predicted molar refractivity (Wildman–Crippen MR) is 44.2 cm³/mol. The number of rotatable bonds is 5. The Balaban J connectivity index is 3.43. The van der Waals surface area contributed by atoms with Crippen LogP contribution in [0.3, 0.4) is 0 Å². The van der Waals surface area contributed by atoms with Gasteiger partial charge in [-0.15, -0.1) is 0 Å². The first-order valence-corrected chi connectivity index (χ1v) is 3.80. The molecule has 70 valence electrons. The van der Waals surface area contributed by atoms with Gasteiger partial charge in [0.15, 0.2) is 0 Å². The van der Waals surface area contributed by atoms with Gasteiger partial charge in [-0.3, -0.25) is 5.41 Å². The minimum atomic E-state index is -0.589. The Morgan fingerprint density at radius 3 is 2.83 bits per heavy atom. The highest BCUT2D eigenvalue weighted by molar-refractivity contribution is 5.73. The first-order chi connectivity index (χ1) is 5.57. The Morgan fingerprint density at radius 2 is 2.42 bits per heavy atom. The van der Waals surface area contributed by atoms with Crippen molar-refractivity contribution in [3.63, 3.8) is 0 Å². The Kier molecular flexibility index (Phi) is 4.99. The van der Waals surface area contributed by atoms with Gasteiger partial charge < -0.3 is 10.5 Å². The van der Waals surface area contributed by atoms with Crippen LogP contribution in [0.4, 0.5) is 4.48 Å². The summed E-state index contributed by atoms with van der Waals surface area (Å²) in [5.74, 6) is -0.640. The molecule has 1 atom stereocenters. The third-order valence-electron chi connectivity index (χ3n) is 1.51. The summed E-state index contributed by atoms with van der Waals surface area (Å²) < 4.78 is 12.5. The molecule has 5 heteroatoms. The Bertz CT molecular complexity index is 163. The van der Waals surface area contributed by atoms with Crippen LogP contribution in [0.25, 0.3) is 0 Å². The number of carbonyl (C=O) groups excluding carboxylic acids is 1. The number of carbonyl (C=O) groups is 1. The van der Waals surface area contributed by atoms with E-state index in [9.17, 15) is 9.28 Å². The van der Waals surface area contributed by atoms with Gasteiger partial charge in [-0.2, -0.15) is 5.12 Å². The van der Waals surface area contributed by atoms with Crippen molar-refractivity contribution in [2.45, 2.75) is 19.8 Å². The third-order valence-corrected chi connectivity index (χ3v) is 1.51. The molecule has 0 rings (SSSR count). The van der Waals surface area contributed by atoms with Crippen LogP contribution in [0.5, 0.6) is 0 Å². The van der Waals surface area contributed by atoms with E-state index in [1.807, 2.05) is 0 Å². The van der Waals surface area contributed by atoms with Gasteiger partial charge in [0, 0.05) is 5.92 Å². The average Bonchev–Trinajstić information content (AvgIpc) is 2.03. The second-order valence-electron chi connectivity index (χ2n) is 2.73. The number of hydrogen-bond acceptors (Lipinski definition) is 2. The van der Waals surface area contributed by atoms with E-state index in [4.69, 9.17) is 11.1 Å². The van der Waals surface area contributed by atoms with E-state index >= 15 is 0 Å². The van der Waals surface area contributed by atoms with Crippen LogP contribution in [0.2, 0.25) is 0 Å². The van der Waals surface area contributed by atoms with Gasteiger partial charge in [0.1, 0.15) is 6.29 Å². The molecule has 0 heterocycles. The van der Waals surface area contributed by atoms with Gasteiger partial charge >= 0.3 is 0 Å². The molecular formula is C7H14FN3O. The Hall–Kier alpha value is -1.13. The molecule has 3 N–H and O–H groups in total. The van der Waals surface area contributed by atoms with E-state index in [-0.39, 0.29) is 17.6 Å². The van der Waals surface area contributed by atoms with E-state index in [1.54, 1.807) is 6.92 Å². The summed E-state index contributed by atoms with van der Waals surface area (Å²) in [6, 6.07) is 0. The standard InChI is InChI=1S/C7H14FN3O/c1-6(5-12)3-2-4-11(8)7(9)10/h5-6H,2-4H2,1H3,(H3,9,10). The highest BCUT2D eigenvalue weighted by Gasteiger charge is 2.05. The fraction of sp³-hybridized carbons (Fsp3) is 0.714. The fourth-order valence-corrected chi connectivity index (χ4v) is 0.741. The highest BCUT2D eigenvalue weighted by atomic mass is 19.2. The molecule has 0 aliphatic rings. The van der Waals surface area contributed by atoms with Crippen LogP contribution in [-0.4, -0.2) is 23.9 Å². The minimum Gasteiger partial charge on any atom is -0.368 e. The van der Waals surface area contributed by atoms with Gasteiger partial charge in [0.2, 0.25) is 5.96 Å². The molecule has 1 unspecified atom stereocenters. The SMILES string of the molecule is CC(C=O)CCCN(F)C(=N)N. The summed E-state index contributed by atoms with van der Waals surface area (Å²) in [7, 11) is 0. The van der Waals surface area contributed by atoms with Gasteiger partial charge in [-0.05, 0) is 12.8 Å². The number of guanidine groups is 1. The van der Waals surface area contributed by atoms with Crippen LogP contribution >= 0.6 is 0 Å². The number of nitrogens with zero attached hydrogens (tertiary/aromatic N) is 1. The second kappa shape index (κ2) is 5.51. The molecule has 0 amide bonds. The van der Waals surface area contributed by atoms with E-state index < -0.39 is 5.96 Å². The molecule has 0 bridgehead atoms. The van der Waals surface area contributed by atoms with Crippen molar-refractivity contribution >= 4 is 12.2 Å². The van der Waals surface area contributed by atoms with Crippen LogP contribution in [0.15, 0.2) is 0 Å². The quantitative estimate of drug-likeness (QED) is 0.279. The number of halogens is 1. The molecule has 0 aromatic heterocycles. The topological polar surface area (TPSA) is 70.2 Å². The minimum absolute atomic E-state index is 0.0506. The van der Waals surface area contributed by atoms with Crippen LogP contribution in [-0.2, 0) is 4.79 Å². The predicted octanol–water partition coefficient (Wildman–Crippen LogP) is 0.682. The van der Waals surface area contributed by atoms with Crippen molar-refractivity contribution < 1.29 is 9.28 Å². The highest BCUT2D eigenvalue weighted by Crippen LogP contribution is 2.03. The molecule has 0 aliphatic heterocycles. The van der Waals surface area contributed by atoms with Gasteiger partial charge in [0.25, 0.3) is 0 Å². The lowest BCUT2D eigenvalue weighted by Gasteiger charge is -2.10. The molecule has 4 nitrogen and oxygen atoms in total. The molecule has 0 spiro atoms. The van der Waals surface area contributed by atoms with Crippen molar-refractivity contribution in [1.29, 1.82) is 5.41 Å². The largest absolute Gasteiger partial charge is 0.368 e. The summed E-state index contributed by atoms with van der Waals surface area (Å²) >= 11 is 0. The summed E-state index contributed by atoms with van der Waals surface area (Å²) in [6.45, 7) is 1.84. The first-order valence-electron chi connectivity index (χ1n) is 3.80. The summed E-state index contributed by atoms with van der Waals surface area (Å²) in [5, 5.41) is 6.85. The number of aldehydes is 1. The van der Waals surface area contributed by atoms with Crippen molar-refractivity contribution in [1.82, 2.24) is 5.12 Å². The zero-order valence-corrected chi connectivity index (χ0v) is 7.09. The van der Waals surface area contributed by atoms with Gasteiger partial charge in [-0.1, -0.05) is 11.4 Å². The number of nitrogens with one attached hydrogen (secondary N) is 1. The molecule has 0 saturated carbocycles. The van der Waals surface area contributed by atoms with Gasteiger partial charge in [0.05, 0.1) is 6.54 Å². The Labute approximate surface area is 71.0 Å². The third kappa shape index (κ3) is 4.65. The van der Waals surface area contributed by atoms with E-state index in [0.717, 1.165) is 6.29 Å². The molecular weight excluding hydrogens is 161 g/mol. The normalized spacial score (nSPS) is 12.2. The first kappa shape index (κ1) is 10.9. The van der Waals surface area contributed by atoms with E-state index in [1.165, 1.54) is 0 Å². The van der Waals surface area contributed by atoms with Crippen LogP contribution in [0, 0.1) is 11.3 Å².